The molecule has 7 nitrogen and oxygen atoms in total. The van der Waals surface area contributed by atoms with Gasteiger partial charge in [0.15, 0.2) is 0 Å². The minimum atomic E-state index is -3.56. The van der Waals surface area contributed by atoms with Gasteiger partial charge >= 0.3 is 0 Å². The van der Waals surface area contributed by atoms with Crippen LogP contribution in [-0.2, 0) is 26.2 Å². The molecule has 0 unspecified atom stereocenters. The minimum Gasteiger partial charge on any atom is -0.352 e. The summed E-state index contributed by atoms with van der Waals surface area (Å²) in [6, 6.07) is 12.8. The molecule has 2 aromatic carbocycles. The second-order valence-electron chi connectivity index (χ2n) is 8.40. The predicted octanol–water partition coefficient (Wildman–Crippen LogP) is 4.48. The molecule has 10 heteroatoms. The number of halogens is 2. The maximum absolute atomic E-state index is 13.2. The van der Waals surface area contributed by atoms with E-state index in [1.165, 1.54) is 9.21 Å². The summed E-state index contributed by atoms with van der Waals surface area (Å²) in [7, 11) is -3.56. The molecular formula is C24H31Cl2N3O4S. The highest BCUT2D eigenvalue weighted by Crippen LogP contribution is 2.21. The van der Waals surface area contributed by atoms with Crippen molar-refractivity contribution in [1.82, 2.24) is 10.2 Å². The molecule has 0 saturated carbocycles. The lowest BCUT2D eigenvalue weighted by Crippen LogP contribution is -2.49. The van der Waals surface area contributed by atoms with Crippen molar-refractivity contribution in [2.24, 2.45) is 0 Å². The number of carbonyl (C=O) groups is 2. The fourth-order valence-electron chi connectivity index (χ4n) is 3.39. The van der Waals surface area contributed by atoms with Gasteiger partial charge in [0.1, 0.15) is 6.04 Å². The standard InChI is InChI=1S/C24H31Cl2N3O4S/c1-17(2)27-24(31)18(3)28(16-19-7-9-20(25)10-8-19)23(30)6-5-15-29(34(4,32)33)22-13-11-21(26)12-14-22/h7-14,17-18H,5-6,15-16H2,1-4H3,(H,27,31)/t18-/m0/s1. The first-order chi connectivity index (χ1) is 15.9. The molecule has 1 atom stereocenters. The normalized spacial score (nSPS) is 12.3. The lowest BCUT2D eigenvalue weighted by Gasteiger charge is -2.30. The van der Waals surface area contributed by atoms with E-state index in [0.717, 1.165) is 11.8 Å². The molecule has 2 amide bonds. The molecule has 2 rings (SSSR count). The van der Waals surface area contributed by atoms with Crippen LogP contribution in [-0.4, -0.2) is 50.0 Å². The highest BCUT2D eigenvalue weighted by molar-refractivity contribution is 7.92. The zero-order valence-electron chi connectivity index (χ0n) is 19.8. The van der Waals surface area contributed by atoms with Crippen molar-refractivity contribution in [3.8, 4) is 0 Å². The van der Waals surface area contributed by atoms with E-state index < -0.39 is 16.1 Å². The molecule has 0 spiro atoms. The van der Waals surface area contributed by atoms with Crippen LogP contribution >= 0.6 is 23.2 Å². The maximum atomic E-state index is 13.2. The highest BCUT2D eigenvalue weighted by atomic mass is 35.5. The first-order valence-electron chi connectivity index (χ1n) is 11.0. The van der Waals surface area contributed by atoms with Crippen LogP contribution in [0.2, 0.25) is 10.0 Å². The number of nitrogens with zero attached hydrogens (tertiary/aromatic N) is 2. The summed E-state index contributed by atoms with van der Waals surface area (Å²) in [5.41, 5.74) is 1.31. The number of amides is 2. The molecule has 0 fully saturated rings. The van der Waals surface area contributed by atoms with Crippen molar-refractivity contribution in [2.75, 3.05) is 17.1 Å². The second kappa shape index (κ2) is 12.4. The fourth-order valence-corrected chi connectivity index (χ4v) is 4.60. The topological polar surface area (TPSA) is 86.8 Å². The third-order valence-corrected chi connectivity index (χ3v) is 6.83. The average Bonchev–Trinajstić information content (AvgIpc) is 2.75. The summed E-state index contributed by atoms with van der Waals surface area (Å²) >= 11 is 11.9. The van der Waals surface area contributed by atoms with Crippen LogP contribution in [0.1, 0.15) is 39.2 Å². The van der Waals surface area contributed by atoms with Gasteiger partial charge in [-0.1, -0.05) is 35.3 Å². The zero-order valence-corrected chi connectivity index (χ0v) is 22.1. The molecule has 0 aromatic heterocycles. The van der Waals surface area contributed by atoms with Gasteiger partial charge in [-0.15, -0.1) is 0 Å². The lowest BCUT2D eigenvalue weighted by atomic mass is 10.1. The molecule has 0 aliphatic carbocycles. The molecule has 0 radical (unpaired) electrons. The van der Waals surface area contributed by atoms with Crippen LogP contribution in [0.3, 0.4) is 0 Å². The SMILES string of the molecule is CC(C)NC(=O)[C@H](C)N(Cc1ccc(Cl)cc1)C(=O)CCCN(c1ccc(Cl)cc1)S(C)(=O)=O. The first-order valence-corrected chi connectivity index (χ1v) is 13.6. The van der Waals surface area contributed by atoms with E-state index in [9.17, 15) is 18.0 Å². The van der Waals surface area contributed by atoms with Crippen molar-refractivity contribution in [1.29, 1.82) is 0 Å². The number of hydrogen-bond acceptors (Lipinski definition) is 4. The van der Waals surface area contributed by atoms with E-state index in [0.29, 0.717) is 15.7 Å². The van der Waals surface area contributed by atoms with Crippen molar-refractivity contribution in [3.63, 3.8) is 0 Å². The van der Waals surface area contributed by atoms with Gasteiger partial charge in [0.2, 0.25) is 21.8 Å². The monoisotopic (exact) mass is 527 g/mol. The van der Waals surface area contributed by atoms with Crippen molar-refractivity contribution >= 4 is 50.7 Å². The second-order valence-corrected chi connectivity index (χ2v) is 11.2. The largest absolute Gasteiger partial charge is 0.352 e. The number of anilines is 1. The number of rotatable bonds is 11. The average molecular weight is 529 g/mol. The van der Waals surface area contributed by atoms with Crippen molar-refractivity contribution < 1.29 is 18.0 Å². The third kappa shape index (κ3) is 8.49. The Balaban J connectivity index is 2.15. The number of carbonyl (C=O) groups excluding carboxylic acids is 2. The molecule has 34 heavy (non-hydrogen) atoms. The van der Waals surface area contributed by atoms with Crippen molar-refractivity contribution in [2.45, 2.75) is 52.2 Å². The molecule has 1 N–H and O–H groups in total. The van der Waals surface area contributed by atoms with E-state index in [1.54, 1.807) is 43.3 Å². The van der Waals surface area contributed by atoms with Gasteiger partial charge in [0.05, 0.1) is 11.9 Å². The maximum Gasteiger partial charge on any atom is 0.242 e. The highest BCUT2D eigenvalue weighted by Gasteiger charge is 2.27. The number of sulfonamides is 1. The summed E-state index contributed by atoms with van der Waals surface area (Å²) in [5.74, 6) is -0.498. The minimum absolute atomic E-state index is 0.0647. The Labute approximate surface area is 212 Å². The summed E-state index contributed by atoms with van der Waals surface area (Å²) in [5, 5.41) is 3.92. The van der Waals surface area contributed by atoms with E-state index in [4.69, 9.17) is 23.2 Å². The van der Waals surface area contributed by atoms with Gasteiger partial charge in [-0.3, -0.25) is 13.9 Å². The smallest absolute Gasteiger partial charge is 0.242 e. The van der Waals surface area contributed by atoms with Crippen LogP contribution in [0, 0.1) is 0 Å². The molecule has 0 aliphatic heterocycles. The van der Waals surface area contributed by atoms with Crippen molar-refractivity contribution in [3.05, 3.63) is 64.1 Å². The molecule has 0 bridgehead atoms. The molecule has 186 valence electrons. The zero-order chi connectivity index (χ0) is 25.5. The Morgan fingerprint density at radius 3 is 1.97 bits per heavy atom. The Morgan fingerprint density at radius 1 is 0.941 bits per heavy atom. The Morgan fingerprint density at radius 2 is 1.47 bits per heavy atom. The molecule has 0 saturated heterocycles. The van der Waals surface area contributed by atoms with Crippen LogP contribution < -0.4 is 9.62 Å². The van der Waals surface area contributed by atoms with Gasteiger partial charge in [0, 0.05) is 35.6 Å². The first kappa shape index (κ1) is 28.0. The van der Waals surface area contributed by atoms with Crippen LogP contribution in [0.25, 0.3) is 0 Å². The summed E-state index contributed by atoms with van der Waals surface area (Å²) in [4.78, 5) is 27.3. The number of hydrogen-bond donors (Lipinski definition) is 1. The van der Waals surface area contributed by atoms with Crippen LogP contribution in [0.5, 0.6) is 0 Å². The van der Waals surface area contributed by atoms with E-state index in [2.05, 4.69) is 5.32 Å². The molecule has 0 aliphatic rings. The Kier molecular flexibility index (Phi) is 10.2. The summed E-state index contributed by atoms with van der Waals surface area (Å²) in [6.07, 6.45) is 1.48. The van der Waals surface area contributed by atoms with Gasteiger partial charge in [-0.25, -0.2) is 8.42 Å². The summed E-state index contributed by atoms with van der Waals surface area (Å²) < 4.78 is 25.9. The third-order valence-electron chi connectivity index (χ3n) is 5.13. The molecule has 0 heterocycles. The van der Waals surface area contributed by atoms with Gasteiger partial charge in [-0.05, 0) is 69.2 Å². The number of nitrogens with one attached hydrogen (secondary N) is 1. The van der Waals surface area contributed by atoms with Crippen LogP contribution in [0.4, 0.5) is 5.69 Å². The molecular weight excluding hydrogens is 497 g/mol. The predicted molar refractivity (Wildman–Crippen MR) is 138 cm³/mol. The van der Waals surface area contributed by atoms with E-state index in [-0.39, 0.29) is 43.8 Å². The van der Waals surface area contributed by atoms with E-state index >= 15 is 0 Å². The van der Waals surface area contributed by atoms with Gasteiger partial charge in [-0.2, -0.15) is 0 Å². The Hall–Kier alpha value is -2.29. The summed E-state index contributed by atoms with van der Waals surface area (Å²) in [6.45, 7) is 5.74. The van der Waals surface area contributed by atoms with Gasteiger partial charge in [0.25, 0.3) is 0 Å². The lowest BCUT2D eigenvalue weighted by molar-refractivity contribution is -0.140. The quantitative estimate of drug-likeness (QED) is 0.466. The van der Waals surface area contributed by atoms with E-state index in [1.807, 2.05) is 26.0 Å². The molecule has 2 aromatic rings. The Bertz CT molecular complexity index is 1070. The van der Waals surface area contributed by atoms with Crippen LogP contribution in [0.15, 0.2) is 48.5 Å². The fraction of sp³-hybridized carbons (Fsp3) is 0.417. The number of benzene rings is 2. The van der Waals surface area contributed by atoms with Gasteiger partial charge < -0.3 is 10.2 Å².